The first-order valence-electron chi connectivity index (χ1n) is 5.62. The summed E-state index contributed by atoms with van der Waals surface area (Å²) in [6.07, 6.45) is 3.80. The minimum atomic E-state index is 0.484. The van der Waals surface area contributed by atoms with Crippen LogP contribution in [-0.4, -0.2) is 14.8 Å². The van der Waals surface area contributed by atoms with Gasteiger partial charge in [0, 0.05) is 23.7 Å². The van der Waals surface area contributed by atoms with Crippen molar-refractivity contribution in [1.82, 2.24) is 14.8 Å². The molecule has 0 saturated heterocycles. The topological polar surface area (TPSA) is 56.7 Å². The van der Waals surface area contributed by atoms with Gasteiger partial charge in [0.2, 0.25) is 0 Å². The summed E-state index contributed by atoms with van der Waals surface area (Å²) in [6, 6.07) is 10.0. The Balaban J connectivity index is 1.94. The van der Waals surface area contributed by atoms with Crippen LogP contribution in [0.5, 0.6) is 0 Å². The Bertz CT molecular complexity index is 642. The van der Waals surface area contributed by atoms with Gasteiger partial charge in [-0.15, -0.1) is 11.3 Å². The average Bonchev–Trinajstić information content (AvgIpc) is 3.08. The highest BCUT2D eigenvalue weighted by Crippen LogP contribution is 2.22. The Kier molecular flexibility index (Phi) is 2.92. The van der Waals surface area contributed by atoms with E-state index in [1.54, 1.807) is 11.3 Å². The fourth-order valence-corrected chi connectivity index (χ4v) is 2.40. The van der Waals surface area contributed by atoms with Crippen molar-refractivity contribution in [3.8, 4) is 16.9 Å². The molecular weight excluding hydrogens is 244 g/mol. The smallest absolute Gasteiger partial charge is 0.107 e. The number of hydrogen-bond donors (Lipinski definition) is 1. The van der Waals surface area contributed by atoms with E-state index in [4.69, 9.17) is 5.73 Å². The molecule has 0 aliphatic heterocycles. The van der Waals surface area contributed by atoms with Crippen LogP contribution in [0.15, 0.2) is 48.1 Å². The summed E-state index contributed by atoms with van der Waals surface area (Å²) in [5.41, 5.74) is 8.55. The molecule has 0 fully saturated rings. The van der Waals surface area contributed by atoms with Gasteiger partial charge < -0.3 is 5.73 Å². The second-order valence-electron chi connectivity index (χ2n) is 3.84. The molecule has 3 rings (SSSR count). The predicted octanol–water partition coefficient (Wildman–Crippen LogP) is 2.45. The first kappa shape index (κ1) is 11.1. The summed E-state index contributed by atoms with van der Waals surface area (Å²) in [5, 5.41) is 7.30. The second-order valence-corrected chi connectivity index (χ2v) is 4.78. The van der Waals surface area contributed by atoms with E-state index in [9.17, 15) is 0 Å². The Morgan fingerprint density at radius 3 is 2.78 bits per heavy atom. The van der Waals surface area contributed by atoms with Crippen LogP contribution < -0.4 is 5.73 Å². The lowest BCUT2D eigenvalue weighted by atomic mass is 10.3. The highest BCUT2D eigenvalue weighted by Gasteiger charge is 2.06. The lowest BCUT2D eigenvalue weighted by Crippen LogP contribution is -1.94. The summed E-state index contributed by atoms with van der Waals surface area (Å²) in [5.74, 6) is 0. The number of nitrogens with two attached hydrogens (primary N) is 1. The van der Waals surface area contributed by atoms with Gasteiger partial charge in [0.15, 0.2) is 0 Å². The van der Waals surface area contributed by atoms with Crippen LogP contribution in [0.4, 0.5) is 0 Å². The molecule has 0 radical (unpaired) electrons. The van der Waals surface area contributed by atoms with Crippen LogP contribution in [0.25, 0.3) is 16.9 Å². The van der Waals surface area contributed by atoms with Crippen molar-refractivity contribution in [3.63, 3.8) is 0 Å². The van der Waals surface area contributed by atoms with Crippen LogP contribution in [0.2, 0.25) is 0 Å². The van der Waals surface area contributed by atoms with E-state index in [0.29, 0.717) is 6.54 Å². The van der Waals surface area contributed by atoms with Crippen molar-refractivity contribution in [3.05, 3.63) is 53.1 Å². The number of aromatic nitrogens is 3. The molecule has 0 spiro atoms. The summed E-state index contributed by atoms with van der Waals surface area (Å²) in [6.45, 7) is 0.484. The Morgan fingerprint density at radius 1 is 1.22 bits per heavy atom. The predicted molar refractivity (Wildman–Crippen MR) is 72.6 cm³/mol. The molecule has 0 aliphatic carbocycles. The van der Waals surface area contributed by atoms with Crippen LogP contribution in [0, 0.1) is 0 Å². The van der Waals surface area contributed by atoms with Gasteiger partial charge in [0.25, 0.3) is 0 Å². The Morgan fingerprint density at radius 2 is 2.06 bits per heavy atom. The third kappa shape index (κ3) is 2.05. The van der Waals surface area contributed by atoms with Crippen LogP contribution in [0.3, 0.4) is 0 Å². The third-order valence-electron chi connectivity index (χ3n) is 2.63. The van der Waals surface area contributed by atoms with E-state index in [-0.39, 0.29) is 0 Å². The molecule has 0 bridgehead atoms. The highest BCUT2D eigenvalue weighted by atomic mass is 32.1. The van der Waals surface area contributed by atoms with Crippen molar-refractivity contribution in [2.45, 2.75) is 6.54 Å². The first-order chi connectivity index (χ1) is 8.86. The molecule has 18 heavy (non-hydrogen) atoms. The van der Waals surface area contributed by atoms with E-state index in [2.05, 4.69) is 10.1 Å². The fraction of sp³-hybridized carbons (Fsp3) is 0.0769. The molecule has 4 nitrogen and oxygen atoms in total. The molecule has 0 amide bonds. The summed E-state index contributed by atoms with van der Waals surface area (Å²) in [4.78, 5) is 4.45. The highest BCUT2D eigenvalue weighted by molar-refractivity contribution is 7.09. The average molecular weight is 256 g/mol. The monoisotopic (exact) mass is 256 g/mol. The molecule has 2 N–H and O–H groups in total. The van der Waals surface area contributed by atoms with Gasteiger partial charge in [0.05, 0.1) is 17.6 Å². The van der Waals surface area contributed by atoms with Gasteiger partial charge >= 0.3 is 0 Å². The largest absolute Gasteiger partial charge is 0.325 e. The van der Waals surface area contributed by atoms with E-state index < -0.39 is 0 Å². The summed E-state index contributed by atoms with van der Waals surface area (Å²) >= 11 is 1.58. The molecule has 3 aromatic rings. The van der Waals surface area contributed by atoms with Crippen LogP contribution in [0.1, 0.15) is 5.01 Å². The molecule has 0 atom stereocenters. The van der Waals surface area contributed by atoms with E-state index in [1.165, 1.54) is 0 Å². The van der Waals surface area contributed by atoms with Gasteiger partial charge in [-0.2, -0.15) is 5.10 Å². The number of nitrogens with zero attached hydrogens (tertiary/aromatic N) is 3. The van der Waals surface area contributed by atoms with Gasteiger partial charge in [0.1, 0.15) is 5.01 Å². The zero-order valence-electron chi connectivity index (χ0n) is 9.65. The van der Waals surface area contributed by atoms with Gasteiger partial charge in [-0.1, -0.05) is 18.2 Å². The second kappa shape index (κ2) is 4.72. The summed E-state index contributed by atoms with van der Waals surface area (Å²) < 4.78 is 1.84. The minimum absolute atomic E-state index is 0.484. The first-order valence-corrected chi connectivity index (χ1v) is 6.50. The van der Waals surface area contributed by atoms with Crippen molar-refractivity contribution >= 4 is 11.3 Å². The molecule has 0 aliphatic rings. The van der Waals surface area contributed by atoms with E-state index in [1.807, 2.05) is 52.8 Å². The van der Waals surface area contributed by atoms with Crippen molar-refractivity contribution < 1.29 is 0 Å². The lowest BCUT2D eigenvalue weighted by molar-refractivity contribution is 0.880. The van der Waals surface area contributed by atoms with Gasteiger partial charge in [-0.25, -0.2) is 9.67 Å². The van der Waals surface area contributed by atoms with Gasteiger partial charge in [-0.05, 0) is 12.1 Å². The van der Waals surface area contributed by atoms with E-state index >= 15 is 0 Å². The number of rotatable bonds is 3. The maximum absolute atomic E-state index is 5.56. The Labute approximate surface area is 109 Å². The fourth-order valence-electron chi connectivity index (χ4n) is 1.71. The molecule has 0 unspecified atom stereocenters. The number of para-hydroxylation sites is 1. The molecule has 0 saturated carbocycles. The number of benzene rings is 1. The summed E-state index contributed by atoms with van der Waals surface area (Å²) in [7, 11) is 0. The van der Waals surface area contributed by atoms with Crippen molar-refractivity contribution in [2.24, 2.45) is 5.73 Å². The SMILES string of the molecule is NCc1nc(-c2cnn(-c3ccccc3)c2)cs1. The van der Waals surface area contributed by atoms with Crippen molar-refractivity contribution in [2.75, 3.05) is 0 Å². The molecule has 2 aromatic heterocycles. The molecule has 90 valence electrons. The number of hydrogen-bond acceptors (Lipinski definition) is 4. The third-order valence-corrected chi connectivity index (χ3v) is 3.50. The molecular formula is C13H12N4S. The normalized spacial score (nSPS) is 10.7. The van der Waals surface area contributed by atoms with Gasteiger partial charge in [-0.3, -0.25) is 0 Å². The zero-order chi connectivity index (χ0) is 12.4. The molecule has 2 heterocycles. The minimum Gasteiger partial charge on any atom is -0.325 e. The van der Waals surface area contributed by atoms with Crippen LogP contribution in [-0.2, 0) is 6.54 Å². The molecule has 1 aromatic carbocycles. The molecule has 5 heteroatoms. The number of thiazole rings is 1. The quantitative estimate of drug-likeness (QED) is 0.783. The lowest BCUT2D eigenvalue weighted by Gasteiger charge is -1.98. The van der Waals surface area contributed by atoms with Crippen molar-refractivity contribution in [1.29, 1.82) is 0 Å². The Hall–Kier alpha value is -1.98. The maximum Gasteiger partial charge on any atom is 0.107 e. The maximum atomic E-state index is 5.56. The van der Waals surface area contributed by atoms with Crippen LogP contribution >= 0.6 is 11.3 Å². The standard InChI is InChI=1S/C13H12N4S/c14-6-13-16-12(9-18-13)10-7-15-17(8-10)11-4-2-1-3-5-11/h1-5,7-9H,6,14H2. The zero-order valence-corrected chi connectivity index (χ0v) is 10.5. The van der Waals surface area contributed by atoms with E-state index in [0.717, 1.165) is 22.0 Å².